The van der Waals surface area contributed by atoms with E-state index in [0.29, 0.717) is 28.3 Å². The van der Waals surface area contributed by atoms with E-state index in [1.165, 1.54) is 11.3 Å². The first-order valence-electron chi connectivity index (χ1n) is 7.03. The number of aromatic nitrogens is 1. The number of oxazole rings is 1. The molecule has 23 heavy (non-hydrogen) atoms. The van der Waals surface area contributed by atoms with E-state index in [2.05, 4.69) is 4.98 Å². The summed E-state index contributed by atoms with van der Waals surface area (Å²) in [6.45, 7) is 4.14. The van der Waals surface area contributed by atoms with E-state index in [0.717, 1.165) is 15.3 Å². The lowest BCUT2D eigenvalue weighted by Gasteiger charge is -2.00. The zero-order chi connectivity index (χ0) is 16.4. The smallest absolute Gasteiger partial charge is 0.312 e. The van der Waals surface area contributed by atoms with Gasteiger partial charge in [0.15, 0.2) is 5.76 Å². The second kappa shape index (κ2) is 6.86. The molecule has 0 bridgehead atoms. The van der Waals surface area contributed by atoms with Gasteiger partial charge >= 0.3 is 5.97 Å². The predicted octanol–water partition coefficient (Wildman–Crippen LogP) is 5.20. The number of hydrogen-bond donors (Lipinski definition) is 0. The lowest BCUT2D eigenvalue weighted by Crippen LogP contribution is -2.08. The molecule has 0 amide bonds. The van der Waals surface area contributed by atoms with Gasteiger partial charge in [0, 0.05) is 0 Å². The zero-order valence-corrected chi connectivity index (χ0v) is 15.0. The Hall–Kier alpha value is -1.63. The minimum Gasteiger partial charge on any atom is -0.466 e. The summed E-state index contributed by atoms with van der Waals surface area (Å²) in [7, 11) is 0. The van der Waals surface area contributed by atoms with Crippen LogP contribution in [0.4, 0.5) is 0 Å². The highest BCUT2D eigenvalue weighted by atomic mass is 35.5. The van der Waals surface area contributed by atoms with Crippen LogP contribution in [-0.4, -0.2) is 17.6 Å². The molecule has 0 aromatic carbocycles. The molecule has 4 nitrogen and oxygen atoms in total. The molecule has 0 aliphatic rings. The molecule has 0 fully saturated rings. The van der Waals surface area contributed by atoms with Crippen molar-refractivity contribution in [2.75, 3.05) is 6.61 Å². The van der Waals surface area contributed by atoms with Crippen molar-refractivity contribution in [2.24, 2.45) is 0 Å². The maximum absolute atomic E-state index is 11.8. The Morgan fingerprint density at radius 1 is 1.39 bits per heavy atom. The Labute approximate surface area is 146 Å². The van der Waals surface area contributed by atoms with Gasteiger partial charge in [0.25, 0.3) is 0 Å². The molecule has 0 unspecified atom stereocenters. The second-order valence-electron chi connectivity index (χ2n) is 4.87. The average molecular weight is 368 g/mol. The van der Waals surface area contributed by atoms with Crippen LogP contribution in [0.2, 0.25) is 4.34 Å². The molecule has 3 rings (SSSR count). The van der Waals surface area contributed by atoms with Gasteiger partial charge in [0.05, 0.1) is 32.8 Å². The van der Waals surface area contributed by atoms with Gasteiger partial charge in [-0.3, -0.25) is 4.79 Å². The first-order chi connectivity index (χ1) is 11.1. The molecule has 0 atom stereocenters. The van der Waals surface area contributed by atoms with Gasteiger partial charge in [0.2, 0.25) is 5.89 Å². The third-order valence-corrected chi connectivity index (χ3v) is 5.32. The highest BCUT2D eigenvalue weighted by Gasteiger charge is 2.21. The quantitative estimate of drug-likeness (QED) is 0.581. The third-order valence-electron chi connectivity index (χ3n) is 3.05. The summed E-state index contributed by atoms with van der Waals surface area (Å²) in [5, 5.41) is 2.03. The van der Waals surface area contributed by atoms with Crippen LogP contribution in [0, 0.1) is 6.92 Å². The van der Waals surface area contributed by atoms with Crippen molar-refractivity contribution in [1.29, 1.82) is 0 Å². The van der Waals surface area contributed by atoms with Crippen LogP contribution in [0.15, 0.2) is 28.0 Å². The van der Waals surface area contributed by atoms with Gasteiger partial charge in [-0.15, -0.1) is 22.7 Å². The van der Waals surface area contributed by atoms with Crippen LogP contribution in [0.25, 0.3) is 21.4 Å². The van der Waals surface area contributed by atoms with Crippen LogP contribution < -0.4 is 0 Å². The van der Waals surface area contributed by atoms with Crippen LogP contribution >= 0.6 is 34.3 Å². The van der Waals surface area contributed by atoms with E-state index in [1.54, 1.807) is 24.3 Å². The summed E-state index contributed by atoms with van der Waals surface area (Å²) in [5.74, 6) is 0.775. The monoisotopic (exact) mass is 367 g/mol. The normalized spacial score (nSPS) is 10.9. The minimum atomic E-state index is -0.321. The molecule has 7 heteroatoms. The van der Waals surface area contributed by atoms with Crippen LogP contribution in [-0.2, 0) is 16.0 Å². The molecular weight excluding hydrogens is 354 g/mol. The number of carbonyl (C=O) groups is 1. The van der Waals surface area contributed by atoms with Crippen molar-refractivity contribution in [3.63, 3.8) is 0 Å². The molecule has 0 aliphatic carbocycles. The van der Waals surface area contributed by atoms with Gasteiger partial charge in [-0.2, -0.15) is 0 Å². The second-order valence-corrected chi connectivity index (χ2v) is 7.50. The maximum atomic E-state index is 11.8. The van der Waals surface area contributed by atoms with E-state index >= 15 is 0 Å². The van der Waals surface area contributed by atoms with Crippen molar-refractivity contribution >= 4 is 40.2 Å². The summed E-state index contributed by atoms with van der Waals surface area (Å²) in [4.78, 5) is 18.1. The minimum absolute atomic E-state index is 0.0759. The van der Waals surface area contributed by atoms with Crippen molar-refractivity contribution < 1.29 is 13.9 Å². The standard InChI is InChI=1S/C16H14ClNO3S2/c1-3-20-14(19)7-10-15(11-4-5-13(17)23-11)21-16(18-10)12-6-9(2)8-22-12/h4-6,8H,3,7H2,1-2H3. The number of esters is 1. The fourth-order valence-electron chi connectivity index (χ4n) is 2.10. The fraction of sp³-hybridized carbons (Fsp3) is 0.250. The number of aryl methyl sites for hydroxylation is 1. The molecule has 0 saturated carbocycles. The molecular formula is C16H14ClNO3S2. The predicted molar refractivity (Wildman–Crippen MR) is 93.2 cm³/mol. The topological polar surface area (TPSA) is 52.3 Å². The Morgan fingerprint density at radius 3 is 2.83 bits per heavy atom. The molecule has 0 radical (unpaired) electrons. The fourth-order valence-corrected chi connectivity index (χ4v) is 3.97. The number of nitrogens with zero attached hydrogens (tertiary/aromatic N) is 1. The molecule has 0 N–H and O–H groups in total. The van der Waals surface area contributed by atoms with Gasteiger partial charge in [-0.05, 0) is 43.0 Å². The zero-order valence-electron chi connectivity index (χ0n) is 12.6. The van der Waals surface area contributed by atoms with E-state index in [-0.39, 0.29) is 12.4 Å². The van der Waals surface area contributed by atoms with Crippen LogP contribution in [0.5, 0.6) is 0 Å². The summed E-state index contributed by atoms with van der Waals surface area (Å²) >= 11 is 8.96. The highest BCUT2D eigenvalue weighted by Crippen LogP contribution is 2.37. The lowest BCUT2D eigenvalue weighted by molar-refractivity contribution is -0.142. The first kappa shape index (κ1) is 16.2. The van der Waals surface area contributed by atoms with Crippen molar-refractivity contribution in [3.8, 4) is 21.4 Å². The number of carbonyl (C=O) groups excluding carboxylic acids is 1. The van der Waals surface area contributed by atoms with Crippen molar-refractivity contribution in [1.82, 2.24) is 4.98 Å². The van der Waals surface area contributed by atoms with E-state index in [9.17, 15) is 4.79 Å². The van der Waals surface area contributed by atoms with Crippen molar-refractivity contribution in [3.05, 3.63) is 39.2 Å². The Morgan fingerprint density at radius 2 is 2.22 bits per heavy atom. The van der Waals surface area contributed by atoms with Crippen molar-refractivity contribution in [2.45, 2.75) is 20.3 Å². The number of rotatable bonds is 5. The Balaban J connectivity index is 2.01. The summed E-state index contributed by atoms with van der Waals surface area (Å²) in [6.07, 6.45) is 0.0759. The third kappa shape index (κ3) is 3.65. The maximum Gasteiger partial charge on any atom is 0.312 e. The SMILES string of the molecule is CCOC(=O)Cc1nc(-c2cc(C)cs2)oc1-c1ccc(Cl)s1. The Kier molecular flexibility index (Phi) is 4.84. The van der Waals surface area contributed by atoms with Crippen LogP contribution in [0.1, 0.15) is 18.2 Å². The van der Waals surface area contributed by atoms with Gasteiger partial charge in [-0.1, -0.05) is 11.6 Å². The molecule has 0 spiro atoms. The molecule has 3 aromatic heterocycles. The molecule has 0 aliphatic heterocycles. The van der Waals surface area contributed by atoms with Gasteiger partial charge in [0.1, 0.15) is 0 Å². The number of thiophene rings is 2. The molecule has 3 heterocycles. The number of halogens is 1. The van der Waals surface area contributed by atoms with Crippen LogP contribution in [0.3, 0.4) is 0 Å². The summed E-state index contributed by atoms with van der Waals surface area (Å²) in [6, 6.07) is 5.68. The van der Waals surface area contributed by atoms with E-state index < -0.39 is 0 Å². The Bertz CT molecular complexity index is 834. The average Bonchev–Trinajstić information content (AvgIpc) is 3.19. The summed E-state index contributed by atoms with van der Waals surface area (Å²) in [5.41, 5.74) is 1.72. The van der Waals surface area contributed by atoms with Gasteiger partial charge in [-0.25, -0.2) is 4.98 Å². The lowest BCUT2D eigenvalue weighted by atomic mass is 10.2. The molecule has 120 valence electrons. The first-order valence-corrected chi connectivity index (χ1v) is 9.10. The number of hydrogen-bond acceptors (Lipinski definition) is 6. The molecule has 3 aromatic rings. The largest absolute Gasteiger partial charge is 0.466 e. The summed E-state index contributed by atoms with van der Waals surface area (Å²) < 4.78 is 11.6. The van der Waals surface area contributed by atoms with Gasteiger partial charge < -0.3 is 9.15 Å². The van der Waals surface area contributed by atoms with E-state index in [4.69, 9.17) is 20.8 Å². The number of ether oxygens (including phenoxy) is 1. The molecule has 0 saturated heterocycles. The highest BCUT2D eigenvalue weighted by molar-refractivity contribution is 7.19. The van der Waals surface area contributed by atoms with E-state index in [1.807, 2.05) is 24.4 Å².